The lowest BCUT2D eigenvalue weighted by molar-refractivity contribution is -0.161. The third-order valence-electron chi connectivity index (χ3n) is 4.69. The van der Waals surface area contributed by atoms with Crippen LogP contribution < -0.4 is 15.2 Å². The molecular weight excluding hydrogens is 430 g/mol. The quantitative estimate of drug-likeness (QED) is 0.345. The third-order valence-corrected chi connectivity index (χ3v) is 4.69. The molecule has 0 saturated heterocycles. The molecule has 0 saturated carbocycles. The van der Waals surface area contributed by atoms with Crippen molar-refractivity contribution in [1.82, 2.24) is 0 Å². The molecule has 0 aliphatic heterocycles. The van der Waals surface area contributed by atoms with E-state index >= 15 is 0 Å². The Morgan fingerprint density at radius 3 is 2.09 bits per heavy atom. The molecule has 1 aromatic carbocycles. The topological polar surface area (TPSA) is 131 Å². The molecule has 0 fully saturated rings. The van der Waals surface area contributed by atoms with E-state index in [9.17, 15) is 19.2 Å². The van der Waals surface area contributed by atoms with Gasteiger partial charge in [-0.05, 0) is 37.5 Å². The van der Waals surface area contributed by atoms with Gasteiger partial charge >= 0.3 is 23.9 Å². The number of esters is 4. The average molecular weight is 466 g/mol. The normalized spacial score (nSPS) is 13.4. The first-order valence-corrected chi connectivity index (χ1v) is 11.3. The predicted molar refractivity (Wildman–Crippen MR) is 121 cm³/mol. The number of rotatable bonds is 13. The molecule has 33 heavy (non-hydrogen) atoms. The highest BCUT2D eigenvalue weighted by Gasteiger charge is 2.22. The molecule has 1 aromatic rings. The lowest BCUT2D eigenvalue weighted by Gasteiger charge is -2.18. The molecule has 0 bridgehead atoms. The zero-order chi connectivity index (χ0) is 25.0. The van der Waals surface area contributed by atoms with Gasteiger partial charge in [0.15, 0.2) is 11.5 Å². The highest BCUT2D eigenvalue weighted by atomic mass is 16.6. The number of hydrogen-bond acceptors (Lipinski definition) is 9. The molecular formula is C24H35NO8. The largest absolute Gasteiger partial charge is 0.462 e. The second-order valence-corrected chi connectivity index (χ2v) is 7.81. The van der Waals surface area contributed by atoms with Crippen LogP contribution in [0.4, 0.5) is 0 Å². The van der Waals surface area contributed by atoms with E-state index in [2.05, 4.69) is 0 Å². The first-order valence-electron chi connectivity index (χ1n) is 11.3. The Kier molecular flexibility index (Phi) is 12.1. The fourth-order valence-electron chi connectivity index (χ4n) is 2.78. The average Bonchev–Trinajstić information content (AvgIpc) is 2.78. The van der Waals surface area contributed by atoms with Crippen molar-refractivity contribution in [2.75, 3.05) is 6.61 Å². The Hall–Kier alpha value is -2.94. The molecule has 1 rings (SSSR count). The summed E-state index contributed by atoms with van der Waals surface area (Å²) in [7, 11) is 0. The van der Waals surface area contributed by atoms with Crippen molar-refractivity contribution in [3.05, 3.63) is 23.8 Å². The standard InChI is InChI=1S/C24H35NO8/c1-6-9-15(4)23(28)30-14-16(5)31-24(29)18(25)12-17-10-11-19(32-21(26)7-2)20(13-17)33-22(27)8-3/h10-11,13,15-16,18H,6-9,12,14,25H2,1-5H3/t15?,16-,18-/m0/s1. The second-order valence-electron chi connectivity index (χ2n) is 7.81. The van der Waals surface area contributed by atoms with Crippen LogP contribution in [-0.2, 0) is 35.1 Å². The van der Waals surface area contributed by atoms with Crippen LogP contribution in [-0.4, -0.2) is 42.6 Å². The van der Waals surface area contributed by atoms with E-state index in [0.29, 0.717) is 5.56 Å². The smallest absolute Gasteiger partial charge is 0.323 e. The van der Waals surface area contributed by atoms with Gasteiger partial charge in [0, 0.05) is 12.8 Å². The van der Waals surface area contributed by atoms with Gasteiger partial charge in [-0.25, -0.2) is 0 Å². The molecule has 2 N–H and O–H groups in total. The van der Waals surface area contributed by atoms with Crippen molar-refractivity contribution in [2.24, 2.45) is 11.7 Å². The van der Waals surface area contributed by atoms with Gasteiger partial charge in [0.2, 0.25) is 0 Å². The maximum Gasteiger partial charge on any atom is 0.323 e. The van der Waals surface area contributed by atoms with Crippen LogP contribution in [0.2, 0.25) is 0 Å². The summed E-state index contributed by atoms with van der Waals surface area (Å²) in [6, 6.07) is 3.61. The van der Waals surface area contributed by atoms with Crippen LogP contribution in [0.15, 0.2) is 18.2 Å². The summed E-state index contributed by atoms with van der Waals surface area (Å²) in [5, 5.41) is 0. The summed E-state index contributed by atoms with van der Waals surface area (Å²) in [5.74, 6) is -2.00. The Bertz CT molecular complexity index is 823. The fraction of sp³-hybridized carbons (Fsp3) is 0.583. The molecule has 9 heteroatoms. The Morgan fingerprint density at radius 2 is 1.52 bits per heavy atom. The van der Waals surface area contributed by atoms with Crippen LogP contribution >= 0.6 is 0 Å². The number of carbonyl (C=O) groups excluding carboxylic acids is 4. The van der Waals surface area contributed by atoms with E-state index in [-0.39, 0.29) is 49.3 Å². The lowest BCUT2D eigenvalue weighted by Crippen LogP contribution is -2.37. The third kappa shape index (κ3) is 10.0. The summed E-state index contributed by atoms with van der Waals surface area (Å²) in [5.41, 5.74) is 6.57. The van der Waals surface area contributed by atoms with Crippen molar-refractivity contribution in [1.29, 1.82) is 0 Å². The van der Waals surface area contributed by atoms with Crippen LogP contribution in [0, 0.1) is 5.92 Å². The molecule has 0 radical (unpaired) electrons. The van der Waals surface area contributed by atoms with E-state index in [1.165, 1.54) is 12.1 Å². The summed E-state index contributed by atoms with van der Waals surface area (Å²) in [4.78, 5) is 47.6. The first-order chi connectivity index (χ1) is 15.6. The molecule has 0 amide bonds. The van der Waals surface area contributed by atoms with E-state index in [4.69, 9.17) is 24.7 Å². The van der Waals surface area contributed by atoms with Crippen LogP contribution in [0.5, 0.6) is 11.5 Å². The summed E-state index contributed by atoms with van der Waals surface area (Å²) in [6.07, 6.45) is 1.33. The molecule has 9 nitrogen and oxygen atoms in total. The number of hydrogen-bond donors (Lipinski definition) is 1. The van der Waals surface area contributed by atoms with Gasteiger partial charge in [-0.2, -0.15) is 0 Å². The Morgan fingerprint density at radius 1 is 0.909 bits per heavy atom. The Balaban J connectivity index is 2.74. The SMILES string of the molecule is CCCC(C)C(=O)OC[C@H](C)OC(=O)[C@@H](N)Cc1ccc(OC(=O)CC)c(OC(=O)CC)c1. The molecule has 184 valence electrons. The van der Waals surface area contributed by atoms with Crippen molar-refractivity contribution < 1.29 is 38.1 Å². The first kappa shape index (κ1) is 28.1. The number of carbonyl (C=O) groups is 4. The number of ether oxygens (including phenoxy) is 4. The van der Waals surface area contributed by atoms with Crippen LogP contribution in [0.25, 0.3) is 0 Å². The maximum absolute atomic E-state index is 12.4. The molecule has 0 aliphatic carbocycles. The molecule has 0 aromatic heterocycles. The Labute approximate surface area is 194 Å². The van der Waals surface area contributed by atoms with Gasteiger partial charge in [0.25, 0.3) is 0 Å². The monoisotopic (exact) mass is 465 g/mol. The molecule has 0 spiro atoms. The highest BCUT2D eigenvalue weighted by molar-refractivity contribution is 5.77. The minimum atomic E-state index is -0.999. The molecule has 3 atom stereocenters. The zero-order valence-corrected chi connectivity index (χ0v) is 20.1. The van der Waals surface area contributed by atoms with Gasteiger partial charge in [-0.3, -0.25) is 19.2 Å². The van der Waals surface area contributed by atoms with Crippen LogP contribution in [0.1, 0.15) is 65.9 Å². The van der Waals surface area contributed by atoms with Gasteiger partial charge in [-0.15, -0.1) is 0 Å². The summed E-state index contributed by atoms with van der Waals surface area (Å²) < 4.78 is 20.9. The van der Waals surface area contributed by atoms with Gasteiger partial charge in [0.05, 0.1) is 5.92 Å². The maximum atomic E-state index is 12.4. The molecule has 1 unspecified atom stereocenters. The van der Waals surface area contributed by atoms with Crippen molar-refractivity contribution >= 4 is 23.9 Å². The number of nitrogens with two attached hydrogens (primary N) is 1. The summed E-state index contributed by atoms with van der Waals surface area (Å²) in [6.45, 7) is 8.61. The minimum Gasteiger partial charge on any atom is -0.462 e. The molecule has 0 heterocycles. The van der Waals surface area contributed by atoms with Gasteiger partial charge in [-0.1, -0.05) is 40.2 Å². The highest BCUT2D eigenvalue weighted by Crippen LogP contribution is 2.30. The van der Waals surface area contributed by atoms with Gasteiger partial charge in [0.1, 0.15) is 18.8 Å². The second kappa shape index (κ2) is 14.3. The van der Waals surface area contributed by atoms with Crippen LogP contribution in [0.3, 0.4) is 0 Å². The van der Waals surface area contributed by atoms with Gasteiger partial charge < -0.3 is 24.7 Å². The van der Waals surface area contributed by atoms with Crippen molar-refractivity contribution in [3.8, 4) is 11.5 Å². The van der Waals surface area contributed by atoms with E-state index in [0.717, 1.165) is 12.8 Å². The minimum absolute atomic E-state index is 0.0556. The zero-order valence-electron chi connectivity index (χ0n) is 20.1. The van der Waals surface area contributed by atoms with E-state index in [1.807, 2.05) is 6.92 Å². The fourth-order valence-corrected chi connectivity index (χ4v) is 2.78. The van der Waals surface area contributed by atoms with Crippen molar-refractivity contribution in [2.45, 2.75) is 78.9 Å². The molecule has 0 aliphatic rings. The summed E-state index contributed by atoms with van der Waals surface area (Å²) >= 11 is 0. The van der Waals surface area contributed by atoms with E-state index < -0.39 is 30.1 Å². The predicted octanol–water partition coefficient (Wildman–Crippen LogP) is 3.10. The van der Waals surface area contributed by atoms with E-state index in [1.54, 1.807) is 33.8 Å². The number of benzene rings is 1. The van der Waals surface area contributed by atoms with Crippen molar-refractivity contribution in [3.63, 3.8) is 0 Å². The lowest BCUT2D eigenvalue weighted by atomic mass is 10.1.